The Balaban J connectivity index is 1.77. The lowest BCUT2D eigenvalue weighted by Gasteiger charge is -2.08. The number of nitrogens with zero attached hydrogens (tertiary/aromatic N) is 3. The predicted molar refractivity (Wildman–Crippen MR) is 115 cm³/mol. The smallest absolute Gasteiger partial charge is 0.295 e. The maximum absolute atomic E-state index is 12.9. The molecular formula is C24H22N4O. The van der Waals surface area contributed by atoms with E-state index in [0.29, 0.717) is 5.82 Å². The number of aromatic nitrogens is 3. The molecule has 0 atom stereocenters. The van der Waals surface area contributed by atoms with Crippen LogP contribution in [0.1, 0.15) is 27.3 Å². The summed E-state index contributed by atoms with van der Waals surface area (Å²) in [6, 6.07) is 23.6. The summed E-state index contributed by atoms with van der Waals surface area (Å²) in [5.74, 6) is 0.430. The first kappa shape index (κ1) is 18.6. The lowest BCUT2D eigenvalue weighted by molar-refractivity contribution is 0.101. The zero-order chi connectivity index (χ0) is 20.4. The number of carbonyl (C=O) groups is 1. The molecule has 0 saturated heterocycles. The molecule has 5 nitrogen and oxygen atoms in total. The molecule has 0 aliphatic heterocycles. The second kappa shape index (κ2) is 7.72. The Hall–Kier alpha value is -3.73. The standard InChI is InChI=1S/C24H22N4O/c1-16-9-7-11-19(15-16)23-26-22(27-28(23)20-12-5-4-6-13-20)24(29)25-21-14-8-10-17(2)18(21)3/h4-15H,1-3H3,(H,25,29). The van der Waals surface area contributed by atoms with Crippen molar-refractivity contribution in [1.82, 2.24) is 14.8 Å². The molecular weight excluding hydrogens is 360 g/mol. The minimum absolute atomic E-state index is 0.131. The minimum Gasteiger partial charge on any atom is -0.319 e. The van der Waals surface area contributed by atoms with Crippen molar-refractivity contribution in [2.45, 2.75) is 20.8 Å². The van der Waals surface area contributed by atoms with E-state index < -0.39 is 0 Å². The Bertz CT molecular complexity index is 1180. The molecule has 0 fully saturated rings. The normalized spacial score (nSPS) is 10.7. The van der Waals surface area contributed by atoms with Crippen LogP contribution in [0, 0.1) is 20.8 Å². The van der Waals surface area contributed by atoms with Gasteiger partial charge in [-0.25, -0.2) is 9.67 Å². The number of aryl methyl sites for hydroxylation is 2. The highest BCUT2D eigenvalue weighted by Gasteiger charge is 2.19. The van der Waals surface area contributed by atoms with Crippen molar-refractivity contribution < 1.29 is 4.79 Å². The van der Waals surface area contributed by atoms with E-state index in [-0.39, 0.29) is 11.7 Å². The van der Waals surface area contributed by atoms with Crippen LogP contribution in [-0.4, -0.2) is 20.7 Å². The van der Waals surface area contributed by atoms with Gasteiger partial charge in [0.05, 0.1) is 5.69 Å². The van der Waals surface area contributed by atoms with Crippen molar-refractivity contribution in [1.29, 1.82) is 0 Å². The Labute approximate surface area is 170 Å². The van der Waals surface area contributed by atoms with E-state index in [2.05, 4.69) is 15.4 Å². The van der Waals surface area contributed by atoms with Crippen LogP contribution >= 0.6 is 0 Å². The van der Waals surface area contributed by atoms with Crippen molar-refractivity contribution in [3.8, 4) is 17.1 Å². The van der Waals surface area contributed by atoms with Crippen LogP contribution < -0.4 is 5.32 Å². The van der Waals surface area contributed by atoms with Crippen molar-refractivity contribution in [2.75, 3.05) is 5.32 Å². The first-order chi connectivity index (χ1) is 14.0. The third-order valence-electron chi connectivity index (χ3n) is 4.94. The molecule has 1 amide bonds. The maximum Gasteiger partial charge on any atom is 0.295 e. The lowest BCUT2D eigenvalue weighted by atomic mass is 10.1. The van der Waals surface area contributed by atoms with E-state index in [4.69, 9.17) is 0 Å². The monoisotopic (exact) mass is 382 g/mol. The van der Waals surface area contributed by atoms with Crippen LogP contribution in [0.2, 0.25) is 0 Å². The third kappa shape index (κ3) is 3.80. The average molecular weight is 382 g/mol. The molecule has 0 unspecified atom stereocenters. The van der Waals surface area contributed by atoms with Crippen molar-refractivity contribution in [2.24, 2.45) is 0 Å². The molecule has 0 bridgehead atoms. The lowest BCUT2D eigenvalue weighted by Crippen LogP contribution is -2.15. The summed E-state index contributed by atoms with van der Waals surface area (Å²) < 4.78 is 1.72. The van der Waals surface area contributed by atoms with E-state index in [1.807, 2.05) is 93.6 Å². The summed E-state index contributed by atoms with van der Waals surface area (Å²) in [6.45, 7) is 6.03. The molecule has 29 heavy (non-hydrogen) atoms. The van der Waals surface area contributed by atoms with Gasteiger partial charge in [0.2, 0.25) is 5.82 Å². The molecule has 1 N–H and O–H groups in total. The molecule has 0 saturated carbocycles. The van der Waals surface area contributed by atoms with Crippen molar-refractivity contribution in [3.05, 3.63) is 95.3 Å². The number of para-hydroxylation sites is 1. The van der Waals surface area contributed by atoms with Gasteiger partial charge < -0.3 is 5.32 Å². The second-order valence-corrected chi connectivity index (χ2v) is 7.08. The topological polar surface area (TPSA) is 59.8 Å². The Morgan fingerprint density at radius 1 is 0.897 bits per heavy atom. The van der Waals surface area contributed by atoms with Gasteiger partial charge in [0.25, 0.3) is 5.91 Å². The highest BCUT2D eigenvalue weighted by atomic mass is 16.2. The molecule has 144 valence electrons. The number of anilines is 1. The number of hydrogen-bond donors (Lipinski definition) is 1. The third-order valence-corrected chi connectivity index (χ3v) is 4.94. The average Bonchev–Trinajstić information content (AvgIpc) is 3.18. The maximum atomic E-state index is 12.9. The quantitative estimate of drug-likeness (QED) is 0.533. The van der Waals surface area contributed by atoms with E-state index in [1.165, 1.54) is 0 Å². The zero-order valence-electron chi connectivity index (χ0n) is 16.7. The summed E-state index contributed by atoms with van der Waals surface area (Å²) in [5, 5.41) is 7.47. The van der Waals surface area contributed by atoms with Crippen molar-refractivity contribution in [3.63, 3.8) is 0 Å². The molecule has 0 aliphatic rings. The van der Waals surface area contributed by atoms with Gasteiger partial charge in [-0.2, -0.15) is 0 Å². The second-order valence-electron chi connectivity index (χ2n) is 7.08. The van der Waals surface area contributed by atoms with Gasteiger partial charge in [-0.3, -0.25) is 4.79 Å². The summed E-state index contributed by atoms with van der Waals surface area (Å²) in [5.41, 5.74) is 5.79. The van der Waals surface area contributed by atoms with Gasteiger partial charge in [0, 0.05) is 11.3 Å². The number of benzene rings is 3. The largest absolute Gasteiger partial charge is 0.319 e. The number of carbonyl (C=O) groups excluding carboxylic acids is 1. The summed E-state index contributed by atoms with van der Waals surface area (Å²) in [6.07, 6.45) is 0. The fourth-order valence-corrected chi connectivity index (χ4v) is 3.19. The highest BCUT2D eigenvalue weighted by Crippen LogP contribution is 2.23. The van der Waals surface area contributed by atoms with Crippen LogP contribution in [0.5, 0.6) is 0 Å². The number of amides is 1. The molecule has 0 aliphatic carbocycles. The van der Waals surface area contributed by atoms with Crippen LogP contribution in [0.25, 0.3) is 17.1 Å². The van der Waals surface area contributed by atoms with Gasteiger partial charge in [0.15, 0.2) is 5.82 Å². The molecule has 1 aromatic heterocycles. The van der Waals surface area contributed by atoms with E-state index >= 15 is 0 Å². The zero-order valence-corrected chi connectivity index (χ0v) is 16.7. The Kier molecular flexibility index (Phi) is 4.96. The molecule has 0 radical (unpaired) electrons. The molecule has 0 spiro atoms. The molecule has 1 heterocycles. The van der Waals surface area contributed by atoms with Gasteiger partial charge in [-0.1, -0.05) is 54.1 Å². The first-order valence-electron chi connectivity index (χ1n) is 9.50. The fourth-order valence-electron chi connectivity index (χ4n) is 3.19. The van der Waals surface area contributed by atoms with Crippen LogP contribution in [0.15, 0.2) is 72.8 Å². The van der Waals surface area contributed by atoms with Gasteiger partial charge in [-0.05, 0) is 56.2 Å². The summed E-state index contributed by atoms with van der Waals surface area (Å²) >= 11 is 0. The van der Waals surface area contributed by atoms with Gasteiger partial charge in [-0.15, -0.1) is 5.10 Å². The van der Waals surface area contributed by atoms with E-state index in [9.17, 15) is 4.79 Å². The van der Waals surface area contributed by atoms with E-state index in [1.54, 1.807) is 4.68 Å². The molecule has 3 aromatic carbocycles. The minimum atomic E-state index is -0.331. The molecule has 4 aromatic rings. The van der Waals surface area contributed by atoms with E-state index in [0.717, 1.165) is 33.6 Å². The van der Waals surface area contributed by atoms with Gasteiger partial charge in [0.1, 0.15) is 0 Å². The molecule has 5 heteroatoms. The fraction of sp³-hybridized carbons (Fsp3) is 0.125. The molecule has 4 rings (SSSR count). The highest BCUT2D eigenvalue weighted by molar-refractivity contribution is 6.02. The van der Waals surface area contributed by atoms with Crippen LogP contribution in [0.4, 0.5) is 5.69 Å². The number of nitrogens with one attached hydrogen (secondary N) is 1. The Morgan fingerprint density at radius 3 is 2.41 bits per heavy atom. The van der Waals surface area contributed by atoms with Crippen molar-refractivity contribution >= 4 is 11.6 Å². The number of rotatable bonds is 4. The van der Waals surface area contributed by atoms with Crippen LogP contribution in [-0.2, 0) is 0 Å². The Morgan fingerprint density at radius 2 is 1.66 bits per heavy atom. The summed E-state index contributed by atoms with van der Waals surface area (Å²) in [4.78, 5) is 17.5. The number of hydrogen-bond acceptors (Lipinski definition) is 3. The summed E-state index contributed by atoms with van der Waals surface area (Å²) in [7, 11) is 0. The predicted octanol–water partition coefficient (Wildman–Crippen LogP) is 5.11. The first-order valence-corrected chi connectivity index (χ1v) is 9.50. The SMILES string of the molecule is Cc1cccc(-c2nc(C(=O)Nc3cccc(C)c3C)nn2-c2ccccc2)c1. The van der Waals surface area contributed by atoms with Gasteiger partial charge >= 0.3 is 0 Å². The van der Waals surface area contributed by atoms with Crippen LogP contribution in [0.3, 0.4) is 0 Å².